The number of aryl methyl sites for hydroxylation is 1. The fourth-order valence-corrected chi connectivity index (χ4v) is 3.02. The average Bonchev–Trinajstić information content (AvgIpc) is 3.28. The summed E-state index contributed by atoms with van der Waals surface area (Å²) in [6.07, 6.45) is 3.38. The van der Waals surface area contributed by atoms with E-state index >= 15 is 0 Å². The molecule has 0 saturated heterocycles. The second-order valence-corrected chi connectivity index (χ2v) is 7.03. The predicted molar refractivity (Wildman–Crippen MR) is 124 cm³/mol. The van der Waals surface area contributed by atoms with E-state index in [2.05, 4.69) is 31.0 Å². The molecule has 1 amide bonds. The predicted octanol–water partition coefficient (Wildman–Crippen LogP) is 4.12. The first kappa shape index (κ1) is 20.9. The highest BCUT2D eigenvalue weighted by atomic mass is 16.5. The van der Waals surface area contributed by atoms with Crippen molar-refractivity contribution < 1.29 is 9.53 Å². The maximum absolute atomic E-state index is 12.1. The highest BCUT2D eigenvalue weighted by molar-refractivity contribution is 5.90. The molecule has 2 heterocycles. The standard InChI is InChI=1S/C23H23N7O2/c1-16-14-21(26-17-8-10-20(32-2)11-9-17)29-23(25-16)28-19-6-4-18(5-7-19)27-22(31)15-30-13-3-12-24-30/h3-14H,15H2,1-2H3,(H,27,31)(H2,25,26,28,29). The van der Waals surface area contributed by atoms with Gasteiger partial charge in [-0.15, -0.1) is 0 Å². The minimum Gasteiger partial charge on any atom is -0.497 e. The Morgan fingerprint density at radius 1 is 0.969 bits per heavy atom. The molecule has 0 bridgehead atoms. The number of methoxy groups -OCH3 is 1. The van der Waals surface area contributed by atoms with Crippen LogP contribution in [-0.2, 0) is 11.3 Å². The van der Waals surface area contributed by atoms with Gasteiger partial charge in [-0.05, 0) is 61.5 Å². The number of nitrogens with one attached hydrogen (secondary N) is 3. The summed E-state index contributed by atoms with van der Waals surface area (Å²) < 4.78 is 6.75. The Morgan fingerprint density at radius 2 is 1.66 bits per heavy atom. The third kappa shape index (κ3) is 5.60. The number of aromatic nitrogens is 4. The summed E-state index contributed by atoms with van der Waals surface area (Å²) in [6, 6.07) is 18.6. The smallest absolute Gasteiger partial charge is 0.246 e. The number of hydrogen-bond acceptors (Lipinski definition) is 7. The van der Waals surface area contributed by atoms with Gasteiger partial charge < -0.3 is 20.7 Å². The van der Waals surface area contributed by atoms with Gasteiger partial charge in [-0.1, -0.05) is 0 Å². The molecule has 0 spiro atoms. The van der Waals surface area contributed by atoms with Crippen molar-refractivity contribution in [3.05, 3.63) is 78.8 Å². The average molecular weight is 429 g/mol. The minimum absolute atomic E-state index is 0.148. The van der Waals surface area contributed by atoms with Gasteiger partial charge in [0.05, 0.1) is 7.11 Å². The molecule has 0 radical (unpaired) electrons. The van der Waals surface area contributed by atoms with Gasteiger partial charge >= 0.3 is 0 Å². The van der Waals surface area contributed by atoms with Crippen LogP contribution in [0.25, 0.3) is 0 Å². The largest absolute Gasteiger partial charge is 0.497 e. The van der Waals surface area contributed by atoms with Crippen LogP contribution in [0.1, 0.15) is 5.69 Å². The number of ether oxygens (including phenoxy) is 1. The lowest BCUT2D eigenvalue weighted by molar-refractivity contribution is -0.116. The zero-order chi connectivity index (χ0) is 22.3. The highest BCUT2D eigenvalue weighted by Crippen LogP contribution is 2.22. The number of benzene rings is 2. The monoisotopic (exact) mass is 429 g/mol. The van der Waals surface area contributed by atoms with Crippen LogP contribution in [0.5, 0.6) is 5.75 Å². The van der Waals surface area contributed by atoms with Gasteiger partial charge in [-0.2, -0.15) is 10.1 Å². The molecule has 4 rings (SSSR count). The third-order valence-corrected chi connectivity index (χ3v) is 4.51. The van der Waals surface area contributed by atoms with E-state index in [4.69, 9.17) is 4.74 Å². The van der Waals surface area contributed by atoms with Crippen molar-refractivity contribution in [3.63, 3.8) is 0 Å². The van der Waals surface area contributed by atoms with E-state index in [0.29, 0.717) is 17.5 Å². The van der Waals surface area contributed by atoms with Gasteiger partial charge in [0.2, 0.25) is 11.9 Å². The highest BCUT2D eigenvalue weighted by Gasteiger charge is 2.06. The van der Waals surface area contributed by atoms with E-state index in [-0.39, 0.29) is 12.5 Å². The number of hydrogen-bond donors (Lipinski definition) is 3. The molecule has 9 nitrogen and oxygen atoms in total. The normalized spacial score (nSPS) is 10.4. The van der Waals surface area contributed by atoms with Crippen molar-refractivity contribution in [1.82, 2.24) is 19.7 Å². The maximum Gasteiger partial charge on any atom is 0.246 e. The van der Waals surface area contributed by atoms with Crippen molar-refractivity contribution in [1.29, 1.82) is 0 Å². The van der Waals surface area contributed by atoms with E-state index in [1.165, 1.54) is 0 Å². The lowest BCUT2D eigenvalue weighted by atomic mass is 10.2. The van der Waals surface area contributed by atoms with Crippen LogP contribution >= 0.6 is 0 Å². The number of rotatable bonds is 8. The lowest BCUT2D eigenvalue weighted by Gasteiger charge is -2.11. The molecule has 4 aromatic rings. The van der Waals surface area contributed by atoms with Gasteiger partial charge in [-0.25, -0.2) is 4.98 Å². The van der Waals surface area contributed by atoms with Crippen molar-refractivity contribution in [3.8, 4) is 5.75 Å². The first-order valence-electron chi connectivity index (χ1n) is 9.98. The van der Waals surface area contributed by atoms with E-state index in [0.717, 1.165) is 22.8 Å². The van der Waals surface area contributed by atoms with E-state index in [1.54, 1.807) is 30.3 Å². The molecule has 9 heteroatoms. The molecule has 3 N–H and O–H groups in total. The van der Waals surface area contributed by atoms with E-state index in [9.17, 15) is 4.79 Å². The van der Waals surface area contributed by atoms with Gasteiger partial charge in [0.25, 0.3) is 0 Å². The van der Waals surface area contributed by atoms with Gasteiger partial charge in [-0.3, -0.25) is 9.48 Å². The molecular weight excluding hydrogens is 406 g/mol. The summed E-state index contributed by atoms with van der Waals surface area (Å²) in [7, 11) is 1.63. The zero-order valence-corrected chi connectivity index (χ0v) is 17.7. The molecule has 0 fully saturated rings. The van der Waals surface area contributed by atoms with Crippen LogP contribution in [0, 0.1) is 6.92 Å². The second kappa shape index (κ2) is 9.61. The quantitative estimate of drug-likeness (QED) is 0.387. The summed E-state index contributed by atoms with van der Waals surface area (Å²) in [5, 5.41) is 13.3. The van der Waals surface area contributed by atoms with E-state index in [1.807, 2.05) is 61.5 Å². The number of nitrogens with zero attached hydrogens (tertiary/aromatic N) is 4. The van der Waals surface area contributed by atoms with Crippen LogP contribution in [-0.4, -0.2) is 32.8 Å². The summed E-state index contributed by atoms with van der Waals surface area (Å²) in [5.74, 6) is 1.78. The molecule has 0 aliphatic rings. The third-order valence-electron chi connectivity index (χ3n) is 4.51. The van der Waals surface area contributed by atoms with Crippen molar-refractivity contribution in [2.45, 2.75) is 13.5 Å². The van der Waals surface area contributed by atoms with Crippen molar-refractivity contribution >= 4 is 34.7 Å². The minimum atomic E-state index is -0.148. The van der Waals surface area contributed by atoms with Crippen LogP contribution in [0.15, 0.2) is 73.1 Å². The molecule has 2 aromatic carbocycles. The summed E-state index contributed by atoms with van der Waals surface area (Å²) in [6.45, 7) is 2.07. The molecular formula is C23H23N7O2. The first-order valence-corrected chi connectivity index (χ1v) is 9.98. The maximum atomic E-state index is 12.1. The van der Waals surface area contributed by atoms with Crippen LogP contribution in [0.2, 0.25) is 0 Å². The van der Waals surface area contributed by atoms with Crippen LogP contribution < -0.4 is 20.7 Å². The SMILES string of the molecule is COc1ccc(Nc2cc(C)nc(Nc3ccc(NC(=O)Cn4cccn4)cc3)n2)cc1. The fourth-order valence-electron chi connectivity index (χ4n) is 3.02. The fraction of sp³-hybridized carbons (Fsp3) is 0.130. The molecule has 0 aliphatic carbocycles. The summed E-state index contributed by atoms with van der Waals surface area (Å²) >= 11 is 0. The number of anilines is 5. The Labute approximate surface area is 185 Å². The molecule has 32 heavy (non-hydrogen) atoms. The topological polar surface area (TPSA) is 106 Å². The van der Waals surface area contributed by atoms with Gasteiger partial charge in [0.15, 0.2) is 0 Å². The van der Waals surface area contributed by atoms with E-state index < -0.39 is 0 Å². The number of carbonyl (C=O) groups is 1. The van der Waals surface area contributed by atoms with Crippen molar-refractivity contribution in [2.75, 3.05) is 23.1 Å². The Hall–Kier alpha value is -4.40. The summed E-state index contributed by atoms with van der Waals surface area (Å²) in [5.41, 5.74) is 3.21. The first-order chi connectivity index (χ1) is 15.6. The second-order valence-electron chi connectivity index (χ2n) is 7.03. The number of amides is 1. The van der Waals surface area contributed by atoms with Gasteiger partial charge in [0.1, 0.15) is 18.1 Å². The van der Waals surface area contributed by atoms with Crippen LogP contribution in [0.3, 0.4) is 0 Å². The number of carbonyl (C=O) groups excluding carboxylic acids is 1. The molecule has 0 atom stereocenters. The zero-order valence-electron chi connectivity index (χ0n) is 17.7. The Morgan fingerprint density at radius 3 is 2.34 bits per heavy atom. The Kier molecular flexibility index (Phi) is 6.26. The molecule has 0 saturated carbocycles. The Balaban J connectivity index is 1.39. The van der Waals surface area contributed by atoms with Crippen molar-refractivity contribution in [2.24, 2.45) is 0 Å². The molecule has 2 aromatic heterocycles. The molecule has 0 aliphatic heterocycles. The Bertz CT molecular complexity index is 1170. The molecule has 162 valence electrons. The lowest BCUT2D eigenvalue weighted by Crippen LogP contribution is -2.18. The van der Waals surface area contributed by atoms with Crippen LogP contribution in [0.4, 0.5) is 28.8 Å². The van der Waals surface area contributed by atoms with Gasteiger partial charge in [0, 0.05) is 41.2 Å². The summed E-state index contributed by atoms with van der Waals surface area (Å²) in [4.78, 5) is 21.1. The molecule has 0 unspecified atom stereocenters.